The minimum absolute atomic E-state index is 0.0811. The van der Waals surface area contributed by atoms with Crippen LogP contribution in [0.4, 0.5) is 0 Å². The largest absolute Gasteiger partial charge is 0.487 e. The SMILES string of the molecule is CC(C)(O)[C@H](O)[C@H](O)[C@@H]1[C@@H]2c3c4cc5oc(=O)ccc5c3O[C@@]1(C)CC[C@H]2C(C)(C)O4. The number of hydrogen-bond acceptors (Lipinski definition) is 7. The van der Waals surface area contributed by atoms with E-state index in [0.717, 1.165) is 12.0 Å². The fraction of sp³-hybridized carbons (Fsp3) is 0.625. The minimum atomic E-state index is -1.47. The molecule has 5 rings (SSSR count). The molecular formula is C24H30O7. The van der Waals surface area contributed by atoms with Gasteiger partial charge in [0.2, 0.25) is 0 Å². The number of aliphatic hydroxyl groups excluding tert-OH is 2. The van der Waals surface area contributed by atoms with Gasteiger partial charge in [0, 0.05) is 35.4 Å². The van der Waals surface area contributed by atoms with Crippen LogP contribution in [-0.2, 0) is 0 Å². The maximum atomic E-state index is 11.8. The Morgan fingerprint density at radius 1 is 1.16 bits per heavy atom. The summed E-state index contributed by atoms with van der Waals surface area (Å²) >= 11 is 0. The Hall–Kier alpha value is -2.09. The van der Waals surface area contributed by atoms with E-state index in [0.29, 0.717) is 28.9 Å². The molecule has 3 N–H and O–H groups in total. The second-order valence-corrected chi connectivity index (χ2v) is 10.7. The fourth-order valence-electron chi connectivity index (χ4n) is 6.17. The summed E-state index contributed by atoms with van der Waals surface area (Å²) in [7, 11) is 0. The molecule has 2 aromatic rings. The first-order valence-electron chi connectivity index (χ1n) is 10.9. The van der Waals surface area contributed by atoms with E-state index in [9.17, 15) is 20.1 Å². The highest BCUT2D eigenvalue weighted by atomic mass is 16.5. The number of rotatable bonds is 3. The lowest BCUT2D eigenvalue weighted by Crippen LogP contribution is -2.64. The van der Waals surface area contributed by atoms with Crippen molar-refractivity contribution >= 4 is 11.0 Å². The van der Waals surface area contributed by atoms with Gasteiger partial charge in [-0.05, 0) is 53.5 Å². The fourth-order valence-corrected chi connectivity index (χ4v) is 6.17. The van der Waals surface area contributed by atoms with Crippen molar-refractivity contribution < 1.29 is 29.2 Å². The van der Waals surface area contributed by atoms with Crippen molar-refractivity contribution in [2.45, 2.75) is 82.4 Å². The highest BCUT2D eigenvalue weighted by molar-refractivity contribution is 5.88. The van der Waals surface area contributed by atoms with Gasteiger partial charge in [0.1, 0.15) is 34.4 Å². The van der Waals surface area contributed by atoms with E-state index in [2.05, 4.69) is 0 Å². The summed E-state index contributed by atoms with van der Waals surface area (Å²) in [6, 6.07) is 4.80. The van der Waals surface area contributed by atoms with Crippen LogP contribution in [0, 0.1) is 11.8 Å². The molecule has 7 nitrogen and oxygen atoms in total. The topological polar surface area (TPSA) is 109 Å². The van der Waals surface area contributed by atoms with E-state index < -0.39 is 40.6 Å². The molecule has 0 unspecified atom stereocenters. The summed E-state index contributed by atoms with van der Waals surface area (Å²) in [5.41, 5.74) is -1.98. The molecule has 0 spiro atoms. The predicted molar refractivity (Wildman–Crippen MR) is 113 cm³/mol. The molecule has 168 valence electrons. The van der Waals surface area contributed by atoms with Gasteiger partial charge in [-0.2, -0.15) is 0 Å². The zero-order valence-electron chi connectivity index (χ0n) is 18.5. The number of fused-ring (bicyclic) bond motifs is 3. The zero-order chi connectivity index (χ0) is 22.5. The van der Waals surface area contributed by atoms with Crippen molar-refractivity contribution in [2.24, 2.45) is 11.8 Å². The second kappa shape index (κ2) is 6.24. The lowest BCUT2D eigenvalue weighted by molar-refractivity contribution is -0.188. The van der Waals surface area contributed by atoms with Gasteiger partial charge in [0.05, 0.1) is 17.1 Å². The van der Waals surface area contributed by atoms with Crippen molar-refractivity contribution in [3.05, 3.63) is 34.2 Å². The number of ether oxygens (including phenoxy) is 2. The molecule has 1 aliphatic carbocycles. The monoisotopic (exact) mass is 430 g/mol. The van der Waals surface area contributed by atoms with E-state index >= 15 is 0 Å². The van der Waals surface area contributed by atoms with Gasteiger partial charge < -0.3 is 29.2 Å². The molecule has 3 aliphatic rings. The molecule has 1 saturated carbocycles. The number of hydrogen-bond donors (Lipinski definition) is 3. The molecule has 31 heavy (non-hydrogen) atoms. The molecular weight excluding hydrogens is 400 g/mol. The first-order chi connectivity index (χ1) is 14.3. The second-order valence-electron chi connectivity index (χ2n) is 10.7. The Bertz CT molecular complexity index is 1110. The van der Waals surface area contributed by atoms with Crippen molar-refractivity contribution in [2.75, 3.05) is 0 Å². The van der Waals surface area contributed by atoms with E-state index in [1.807, 2.05) is 20.8 Å². The molecule has 0 radical (unpaired) electrons. The summed E-state index contributed by atoms with van der Waals surface area (Å²) in [6.45, 7) is 9.00. The smallest absolute Gasteiger partial charge is 0.336 e. The van der Waals surface area contributed by atoms with Crippen molar-refractivity contribution in [1.29, 1.82) is 0 Å². The zero-order valence-corrected chi connectivity index (χ0v) is 18.5. The van der Waals surface area contributed by atoms with Gasteiger partial charge in [-0.25, -0.2) is 4.79 Å². The summed E-state index contributed by atoms with van der Waals surface area (Å²) < 4.78 is 18.4. The molecule has 1 fully saturated rings. The van der Waals surface area contributed by atoms with Crippen molar-refractivity contribution in [1.82, 2.24) is 0 Å². The number of aliphatic hydroxyl groups is 3. The Labute approximate surface area is 180 Å². The summed E-state index contributed by atoms with van der Waals surface area (Å²) in [5.74, 6) is 0.671. The molecule has 0 saturated heterocycles. The minimum Gasteiger partial charge on any atom is -0.487 e. The average Bonchev–Trinajstić information content (AvgIpc) is 2.64. The lowest BCUT2D eigenvalue weighted by Gasteiger charge is -2.60. The molecule has 3 heterocycles. The van der Waals surface area contributed by atoms with E-state index in [4.69, 9.17) is 13.9 Å². The van der Waals surface area contributed by atoms with Gasteiger partial charge in [-0.15, -0.1) is 0 Å². The van der Waals surface area contributed by atoms with Gasteiger partial charge in [-0.1, -0.05) is 0 Å². The maximum absolute atomic E-state index is 11.8. The van der Waals surface area contributed by atoms with Crippen LogP contribution < -0.4 is 15.1 Å². The van der Waals surface area contributed by atoms with Gasteiger partial charge in [0.15, 0.2) is 0 Å². The van der Waals surface area contributed by atoms with Crippen LogP contribution in [0.25, 0.3) is 11.0 Å². The van der Waals surface area contributed by atoms with Crippen LogP contribution in [0.1, 0.15) is 58.9 Å². The van der Waals surface area contributed by atoms with Crippen molar-refractivity contribution in [3.63, 3.8) is 0 Å². The van der Waals surface area contributed by atoms with Crippen LogP contribution in [0.2, 0.25) is 0 Å². The van der Waals surface area contributed by atoms with Crippen LogP contribution in [-0.4, -0.2) is 44.3 Å². The van der Waals surface area contributed by atoms with E-state index in [-0.39, 0.29) is 11.8 Å². The molecule has 6 atom stereocenters. The van der Waals surface area contributed by atoms with Crippen LogP contribution in [0.3, 0.4) is 0 Å². The Balaban J connectivity index is 1.78. The molecule has 0 amide bonds. The first kappa shape index (κ1) is 20.8. The number of benzene rings is 1. The first-order valence-corrected chi connectivity index (χ1v) is 10.9. The quantitative estimate of drug-likeness (QED) is 0.643. The third-order valence-corrected chi connectivity index (χ3v) is 7.71. The van der Waals surface area contributed by atoms with Crippen LogP contribution in [0.5, 0.6) is 11.5 Å². The Morgan fingerprint density at radius 3 is 2.55 bits per heavy atom. The standard InChI is InChI=1S/C24H30O7/c1-22(2,28)21(27)19(26)18-16-12-8-9-24(18,5)31-20-11-6-7-15(25)29-13(11)10-14(17(16)20)30-23(12,3)4/h6-7,10,12,16,18-19,21,26-28H,8-9H2,1-5H3/t12-,16+,18+,19-,21-,24+/m1/s1. The summed E-state index contributed by atoms with van der Waals surface area (Å²) in [6.07, 6.45) is -1.04. The molecule has 2 bridgehead atoms. The van der Waals surface area contributed by atoms with E-state index in [1.54, 1.807) is 12.1 Å². The molecule has 7 heteroatoms. The average molecular weight is 430 g/mol. The molecule has 2 aliphatic heterocycles. The van der Waals surface area contributed by atoms with E-state index in [1.165, 1.54) is 19.9 Å². The van der Waals surface area contributed by atoms with Crippen LogP contribution >= 0.6 is 0 Å². The highest BCUT2D eigenvalue weighted by Crippen LogP contribution is 2.64. The summed E-state index contributed by atoms with van der Waals surface area (Å²) in [5, 5.41) is 33.2. The predicted octanol–water partition coefficient (Wildman–Crippen LogP) is 2.72. The van der Waals surface area contributed by atoms with Gasteiger partial charge >= 0.3 is 5.63 Å². The maximum Gasteiger partial charge on any atom is 0.336 e. The summed E-state index contributed by atoms with van der Waals surface area (Å²) in [4.78, 5) is 11.8. The molecule has 1 aromatic heterocycles. The van der Waals surface area contributed by atoms with Gasteiger partial charge in [-0.3, -0.25) is 0 Å². The third-order valence-electron chi connectivity index (χ3n) is 7.71. The van der Waals surface area contributed by atoms with Crippen molar-refractivity contribution in [3.8, 4) is 11.5 Å². The Kier molecular flexibility index (Phi) is 4.19. The normalized spacial score (nSPS) is 32.7. The third kappa shape index (κ3) is 2.86. The highest BCUT2D eigenvalue weighted by Gasteiger charge is 2.63. The van der Waals surface area contributed by atoms with Gasteiger partial charge in [0.25, 0.3) is 0 Å². The molecule has 1 aromatic carbocycles. The Morgan fingerprint density at radius 2 is 1.87 bits per heavy atom. The van der Waals surface area contributed by atoms with Crippen LogP contribution in [0.15, 0.2) is 27.4 Å². The lowest BCUT2D eigenvalue weighted by atomic mass is 9.54.